The van der Waals surface area contributed by atoms with Gasteiger partial charge in [0.25, 0.3) is 5.89 Å². The molecule has 0 aliphatic carbocycles. The Morgan fingerprint density at radius 1 is 1.09 bits per heavy atom. The Morgan fingerprint density at radius 2 is 1.74 bits per heavy atom. The van der Waals surface area contributed by atoms with Gasteiger partial charge in [0.2, 0.25) is 5.82 Å². The van der Waals surface area contributed by atoms with Gasteiger partial charge in [-0.3, -0.25) is 4.90 Å². The van der Waals surface area contributed by atoms with E-state index in [0.717, 1.165) is 0 Å². The second-order valence-electron chi connectivity index (χ2n) is 8.29. The summed E-state index contributed by atoms with van der Waals surface area (Å²) in [5.41, 5.74) is 2.53. The molecule has 0 saturated heterocycles. The number of hydrogen-bond donors (Lipinski definition) is 1. The van der Waals surface area contributed by atoms with E-state index in [2.05, 4.69) is 15.5 Å². The van der Waals surface area contributed by atoms with Gasteiger partial charge in [-0.15, -0.1) is 0 Å². The maximum absolute atomic E-state index is 13.6. The molecule has 1 N–H and O–H groups in total. The van der Waals surface area contributed by atoms with E-state index in [-0.39, 0.29) is 29.7 Å². The van der Waals surface area contributed by atoms with Crippen molar-refractivity contribution in [1.29, 1.82) is 0 Å². The molecule has 2 heterocycles. The predicted molar refractivity (Wildman–Crippen MR) is 122 cm³/mol. The minimum absolute atomic E-state index is 0.105. The van der Waals surface area contributed by atoms with Crippen LogP contribution in [0, 0.1) is 11.6 Å². The van der Waals surface area contributed by atoms with Gasteiger partial charge in [0.1, 0.15) is 11.6 Å². The van der Waals surface area contributed by atoms with Crippen LogP contribution in [-0.4, -0.2) is 40.3 Å². The van der Waals surface area contributed by atoms with Crippen molar-refractivity contribution in [1.82, 2.24) is 20.4 Å². The van der Waals surface area contributed by atoms with Crippen LogP contribution >= 0.6 is 0 Å². The molecule has 0 bridgehead atoms. The van der Waals surface area contributed by atoms with E-state index >= 15 is 0 Å². The number of aromatic nitrogens is 2. The first-order valence-electron chi connectivity index (χ1n) is 11.1. The van der Waals surface area contributed by atoms with Crippen molar-refractivity contribution in [2.75, 3.05) is 13.2 Å². The summed E-state index contributed by atoms with van der Waals surface area (Å²) in [5, 5.41) is 7.03. The number of rotatable bonds is 8. The first-order chi connectivity index (χ1) is 16.3. The zero-order valence-electron chi connectivity index (χ0n) is 19.2. The highest BCUT2D eigenvalue weighted by molar-refractivity contribution is 5.86. The maximum atomic E-state index is 13.6. The lowest BCUT2D eigenvalue weighted by Crippen LogP contribution is -2.46. The molecule has 3 aromatic rings. The van der Waals surface area contributed by atoms with Gasteiger partial charge in [0, 0.05) is 24.4 Å². The summed E-state index contributed by atoms with van der Waals surface area (Å²) >= 11 is 0. The van der Waals surface area contributed by atoms with Crippen molar-refractivity contribution >= 4 is 11.6 Å². The normalized spacial score (nSPS) is 16.4. The van der Waals surface area contributed by atoms with Crippen LogP contribution in [0.3, 0.4) is 0 Å². The first kappa shape index (κ1) is 23.6. The van der Waals surface area contributed by atoms with E-state index in [1.54, 1.807) is 29.2 Å². The number of nitrogens with zero attached hydrogens (tertiary/aromatic N) is 3. The molecule has 1 aromatic heterocycles. The lowest BCUT2D eigenvalue weighted by atomic mass is 9.94. The highest BCUT2D eigenvalue weighted by Gasteiger charge is 2.35. The van der Waals surface area contributed by atoms with Gasteiger partial charge in [-0.1, -0.05) is 17.3 Å². The van der Waals surface area contributed by atoms with Crippen LogP contribution in [0.5, 0.6) is 0 Å². The van der Waals surface area contributed by atoms with Crippen LogP contribution in [-0.2, 0) is 4.74 Å². The van der Waals surface area contributed by atoms with Gasteiger partial charge in [0.15, 0.2) is 0 Å². The summed E-state index contributed by atoms with van der Waals surface area (Å²) in [6, 6.07) is 10.8. The Hall–Kier alpha value is -3.59. The van der Waals surface area contributed by atoms with E-state index in [1.165, 1.54) is 24.3 Å². The summed E-state index contributed by atoms with van der Waals surface area (Å²) in [4.78, 5) is 19.1. The quantitative estimate of drug-likeness (QED) is 0.452. The molecule has 9 heteroatoms. The van der Waals surface area contributed by atoms with Gasteiger partial charge in [-0.05, 0) is 69.2 Å². The second-order valence-corrected chi connectivity index (χ2v) is 8.29. The van der Waals surface area contributed by atoms with Crippen molar-refractivity contribution in [3.63, 3.8) is 0 Å². The number of urea groups is 1. The second kappa shape index (κ2) is 10.1. The zero-order chi connectivity index (χ0) is 24.2. The Labute approximate surface area is 196 Å². The highest BCUT2D eigenvalue weighted by Crippen LogP contribution is 2.37. The van der Waals surface area contributed by atoms with E-state index < -0.39 is 6.04 Å². The minimum Gasteiger partial charge on any atom is -0.379 e. The maximum Gasteiger partial charge on any atom is 0.322 e. The van der Waals surface area contributed by atoms with Crippen LogP contribution in [0.2, 0.25) is 0 Å². The fourth-order valence-corrected chi connectivity index (χ4v) is 3.82. The lowest BCUT2D eigenvalue weighted by Gasteiger charge is -2.35. The van der Waals surface area contributed by atoms with E-state index in [0.29, 0.717) is 47.8 Å². The number of carbonyl (C=O) groups excluding carboxylic acids is 1. The Bertz CT molecular complexity index is 1170. The van der Waals surface area contributed by atoms with E-state index in [9.17, 15) is 13.6 Å². The summed E-state index contributed by atoms with van der Waals surface area (Å²) in [6.07, 6.45) is 0.746. The molecule has 1 unspecified atom stereocenters. The fourth-order valence-electron chi connectivity index (χ4n) is 3.82. The molecular formula is C25H26F2N4O3. The number of hydrogen-bond acceptors (Lipinski definition) is 5. The molecule has 0 saturated carbocycles. The van der Waals surface area contributed by atoms with E-state index in [4.69, 9.17) is 9.26 Å². The number of halogens is 2. The van der Waals surface area contributed by atoms with Crippen molar-refractivity contribution in [2.45, 2.75) is 39.3 Å². The zero-order valence-corrected chi connectivity index (χ0v) is 19.2. The smallest absolute Gasteiger partial charge is 0.322 e. The standard InChI is InChI=1S/C25H26F2N4O3/c1-15(2)33-14-4-13-31-16(3)21(22(28-25(31)32)17-5-9-19(26)10-6-17)24-29-23(30-34-24)18-7-11-20(27)12-8-18/h5-12,15,22H,4,13-14H2,1-3H3,(H,28,32). The van der Waals surface area contributed by atoms with Crippen LogP contribution < -0.4 is 5.32 Å². The third-order valence-corrected chi connectivity index (χ3v) is 5.54. The average Bonchev–Trinajstić information content (AvgIpc) is 3.28. The number of benzene rings is 2. The van der Waals surface area contributed by atoms with Crippen molar-refractivity contribution in [3.8, 4) is 11.4 Å². The van der Waals surface area contributed by atoms with Gasteiger partial charge < -0.3 is 14.6 Å². The Balaban J connectivity index is 1.70. The van der Waals surface area contributed by atoms with E-state index in [1.807, 2.05) is 20.8 Å². The van der Waals surface area contributed by atoms with Gasteiger partial charge in [-0.2, -0.15) is 4.98 Å². The summed E-state index contributed by atoms with van der Waals surface area (Å²) < 4.78 is 38.1. The molecular weight excluding hydrogens is 442 g/mol. The SMILES string of the molecule is CC1=C(c2nc(-c3ccc(F)cc3)no2)C(c2ccc(F)cc2)NC(=O)N1CCCOC(C)C. The highest BCUT2D eigenvalue weighted by atomic mass is 19.1. The summed E-state index contributed by atoms with van der Waals surface area (Å²) in [5.74, 6) is -0.234. The summed E-state index contributed by atoms with van der Waals surface area (Å²) in [7, 11) is 0. The van der Waals surface area contributed by atoms with Gasteiger partial charge >= 0.3 is 6.03 Å². The van der Waals surface area contributed by atoms with Crippen molar-refractivity contribution in [3.05, 3.63) is 77.3 Å². The minimum atomic E-state index is -0.613. The van der Waals surface area contributed by atoms with Gasteiger partial charge in [0.05, 0.1) is 17.7 Å². The lowest BCUT2D eigenvalue weighted by molar-refractivity contribution is 0.0736. The van der Waals surface area contributed by atoms with Crippen LogP contribution in [0.4, 0.5) is 13.6 Å². The third-order valence-electron chi connectivity index (χ3n) is 5.54. The van der Waals surface area contributed by atoms with Crippen molar-refractivity contribution in [2.24, 2.45) is 0 Å². The molecule has 0 spiro atoms. The molecule has 34 heavy (non-hydrogen) atoms. The number of carbonyl (C=O) groups is 1. The fraction of sp³-hybridized carbons (Fsp3) is 0.320. The molecule has 0 fully saturated rings. The molecule has 1 aliphatic rings. The molecule has 0 radical (unpaired) electrons. The Kier molecular flexibility index (Phi) is 7.02. The molecule has 178 valence electrons. The van der Waals surface area contributed by atoms with Crippen LogP contribution in [0.15, 0.2) is 58.8 Å². The third kappa shape index (κ3) is 5.14. The monoisotopic (exact) mass is 468 g/mol. The molecule has 2 amide bonds. The van der Waals surface area contributed by atoms with Crippen molar-refractivity contribution < 1.29 is 22.8 Å². The first-order valence-corrected chi connectivity index (χ1v) is 11.1. The molecule has 4 rings (SSSR count). The largest absolute Gasteiger partial charge is 0.379 e. The number of allylic oxidation sites excluding steroid dienone is 1. The van der Waals surface area contributed by atoms with Crippen LogP contribution in [0.25, 0.3) is 17.0 Å². The predicted octanol–water partition coefficient (Wildman–Crippen LogP) is 5.33. The molecule has 1 atom stereocenters. The molecule has 7 nitrogen and oxygen atoms in total. The number of nitrogens with one attached hydrogen (secondary N) is 1. The molecule has 2 aromatic carbocycles. The average molecular weight is 469 g/mol. The molecule has 1 aliphatic heterocycles. The Morgan fingerprint density at radius 3 is 2.38 bits per heavy atom. The number of ether oxygens (including phenoxy) is 1. The van der Waals surface area contributed by atoms with Gasteiger partial charge in [-0.25, -0.2) is 13.6 Å². The summed E-state index contributed by atoms with van der Waals surface area (Å²) in [6.45, 7) is 6.68. The number of amides is 2. The van der Waals surface area contributed by atoms with Crippen LogP contribution in [0.1, 0.15) is 44.7 Å². The topological polar surface area (TPSA) is 80.5 Å².